The highest BCUT2D eigenvalue weighted by Crippen LogP contribution is 2.34. The van der Waals surface area contributed by atoms with E-state index < -0.39 is 0 Å². The molecule has 0 aliphatic heterocycles. The number of para-hydroxylation sites is 1. The van der Waals surface area contributed by atoms with Crippen molar-refractivity contribution in [3.05, 3.63) is 23.8 Å². The van der Waals surface area contributed by atoms with Crippen molar-refractivity contribution in [3.63, 3.8) is 0 Å². The van der Waals surface area contributed by atoms with Crippen LogP contribution in [-0.2, 0) is 0 Å². The molecular formula is C14H19NO3. The van der Waals surface area contributed by atoms with Crippen molar-refractivity contribution in [2.75, 3.05) is 13.7 Å². The van der Waals surface area contributed by atoms with Crippen molar-refractivity contribution in [2.24, 2.45) is 5.73 Å². The molecule has 1 aliphatic carbocycles. The molecular weight excluding hydrogens is 230 g/mol. The van der Waals surface area contributed by atoms with Crippen LogP contribution in [0.1, 0.15) is 36.0 Å². The standard InChI is InChI=1S/C14H19NO3/c1-17-13-8-4-7-11(12(16)9-15)14(13)18-10-5-2-3-6-10/h4,7-8,10H,2-3,5-6,9,15H2,1H3. The molecule has 1 aromatic rings. The van der Waals surface area contributed by atoms with Gasteiger partial charge in [0.1, 0.15) is 0 Å². The topological polar surface area (TPSA) is 61.5 Å². The highest BCUT2D eigenvalue weighted by Gasteiger charge is 2.22. The minimum Gasteiger partial charge on any atom is -0.493 e. The van der Waals surface area contributed by atoms with E-state index in [4.69, 9.17) is 15.2 Å². The average molecular weight is 249 g/mol. The molecule has 0 heterocycles. The van der Waals surface area contributed by atoms with Gasteiger partial charge in [-0.25, -0.2) is 0 Å². The Morgan fingerprint density at radius 2 is 2.11 bits per heavy atom. The Morgan fingerprint density at radius 3 is 2.72 bits per heavy atom. The summed E-state index contributed by atoms with van der Waals surface area (Å²) in [6.45, 7) is -0.0196. The molecule has 1 aliphatic rings. The van der Waals surface area contributed by atoms with Gasteiger partial charge in [-0.15, -0.1) is 0 Å². The van der Waals surface area contributed by atoms with Gasteiger partial charge in [-0.05, 0) is 37.8 Å². The first-order valence-electron chi connectivity index (χ1n) is 6.33. The molecule has 0 bridgehead atoms. The van der Waals surface area contributed by atoms with Crippen molar-refractivity contribution in [1.82, 2.24) is 0 Å². The fourth-order valence-corrected chi connectivity index (χ4v) is 2.30. The van der Waals surface area contributed by atoms with Gasteiger partial charge in [-0.1, -0.05) is 6.07 Å². The third-order valence-corrected chi connectivity index (χ3v) is 3.27. The van der Waals surface area contributed by atoms with Gasteiger partial charge in [0.15, 0.2) is 17.3 Å². The summed E-state index contributed by atoms with van der Waals surface area (Å²) in [6.07, 6.45) is 4.62. The minimum absolute atomic E-state index is 0.0196. The normalized spacial score (nSPS) is 15.7. The quantitative estimate of drug-likeness (QED) is 0.812. The van der Waals surface area contributed by atoms with Gasteiger partial charge in [0.2, 0.25) is 0 Å². The average Bonchev–Trinajstić information content (AvgIpc) is 2.91. The summed E-state index contributed by atoms with van der Waals surface area (Å²) >= 11 is 0. The molecule has 0 spiro atoms. The molecule has 0 saturated heterocycles. The number of ether oxygens (including phenoxy) is 2. The van der Waals surface area contributed by atoms with Gasteiger partial charge in [-0.3, -0.25) is 4.79 Å². The molecule has 0 amide bonds. The molecule has 1 aromatic carbocycles. The molecule has 2 N–H and O–H groups in total. The second-order valence-corrected chi connectivity index (χ2v) is 4.49. The summed E-state index contributed by atoms with van der Waals surface area (Å²) in [4.78, 5) is 11.8. The van der Waals surface area contributed by atoms with Crippen LogP contribution in [0.4, 0.5) is 0 Å². The van der Waals surface area contributed by atoms with Crippen LogP contribution in [0, 0.1) is 0 Å². The number of carbonyl (C=O) groups excluding carboxylic acids is 1. The summed E-state index contributed by atoms with van der Waals surface area (Å²) in [5.74, 6) is 1.02. The van der Waals surface area contributed by atoms with Crippen molar-refractivity contribution in [1.29, 1.82) is 0 Å². The summed E-state index contributed by atoms with van der Waals surface area (Å²) in [5.41, 5.74) is 5.94. The summed E-state index contributed by atoms with van der Waals surface area (Å²) < 4.78 is 11.2. The van der Waals surface area contributed by atoms with Crippen LogP contribution < -0.4 is 15.2 Å². The van der Waals surface area contributed by atoms with Gasteiger partial charge in [0.05, 0.1) is 25.3 Å². The van der Waals surface area contributed by atoms with Crippen LogP contribution in [0.25, 0.3) is 0 Å². The first-order valence-corrected chi connectivity index (χ1v) is 6.33. The molecule has 98 valence electrons. The molecule has 0 aromatic heterocycles. The van der Waals surface area contributed by atoms with E-state index in [0.29, 0.717) is 17.1 Å². The first kappa shape index (κ1) is 12.9. The van der Waals surface area contributed by atoms with E-state index in [1.54, 1.807) is 25.3 Å². The predicted molar refractivity (Wildman–Crippen MR) is 69.3 cm³/mol. The monoisotopic (exact) mass is 249 g/mol. The van der Waals surface area contributed by atoms with Crippen LogP contribution in [0.3, 0.4) is 0 Å². The van der Waals surface area contributed by atoms with Gasteiger partial charge in [0, 0.05) is 0 Å². The largest absolute Gasteiger partial charge is 0.493 e. The lowest BCUT2D eigenvalue weighted by Gasteiger charge is -2.18. The Balaban J connectivity index is 2.30. The molecule has 0 radical (unpaired) electrons. The number of nitrogens with two attached hydrogens (primary N) is 1. The Bertz CT molecular complexity index is 425. The number of benzene rings is 1. The second-order valence-electron chi connectivity index (χ2n) is 4.49. The van der Waals surface area contributed by atoms with Crippen molar-refractivity contribution in [3.8, 4) is 11.5 Å². The van der Waals surface area contributed by atoms with Crippen LogP contribution >= 0.6 is 0 Å². The maximum absolute atomic E-state index is 11.8. The fourth-order valence-electron chi connectivity index (χ4n) is 2.30. The summed E-state index contributed by atoms with van der Waals surface area (Å²) in [7, 11) is 1.58. The highest BCUT2D eigenvalue weighted by atomic mass is 16.5. The SMILES string of the molecule is COc1cccc(C(=O)CN)c1OC1CCCC1. The number of rotatable bonds is 5. The summed E-state index contributed by atoms with van der Waals surface area (Å²) in [5, 5.41) is 0. The Hall–Kier alpha value is -1.55. The lowest BCUT2D eigenvalue weighted by atomic mass is 10.1. The van der Waals surface area contributed by atoms with Gasteiger partial charge in [0.25, 0.3) is 0 Å². The maximum atomic E-state index is 11.8. The van der Waals surface area contributed by atoms with E-state index in [1.165, 1.54) is 12.8 Å². The zero-order valence-corrected chi connectivity index (χ0v) is 10.6. The molecule has 0 atom stereocenters. The van der Waals surface area contributed by atoms with Crippen LogP contribution in [0.5, 0.6) is 11.5 Å². The van der Waals surface area contributed by atoms with Gasteiger partial charge >= 0.3 is 0 Å². The summed E-state index contributed by atoms with van der Waals surface area (Å²) in [6, 6.07) is 5.32. The zero-order chi connectivity index (χ0) is 13.0. The van der Waals surface area contributed by atoms with E-state index >= 15 is 0 Å². The zero-order valence-electron chi connectivity index (χ0n) is 10.6. The molecule has 4 nitrogen and oxygen atoms in total. The minimum atomic E-state index is -0.123. The van der Waals surface area contributed by atoms with Crippen LogP contribution in [0.2, 0.25) is 0 Å². The van der Waals surface area contributed by atoms with E-state index in [9.17, 15) is 4.79 Å². The van der Waals surface area contributed by atoms with Crippen molar-refractivity contribution in [2.45, 2.75) is 31.8 Å². The number of carbonyl (C=O) groups is 1. The van der Waals surface area contributed by atoms with E-state index in [0.717, 1.165) is 12.8 Å². The smallest absolute Gasteiger partial charge is 0.180 e. The second kappa shape index (κ2) is 5.87. The maximum Gasteiger partial charge on any atom is 0.180 e. The fraction of sp³-hybridized carbons (Fsp3) is 0.500. The first-order chi connectivity index (χ1) is 8.76. The van der Waals surface area contributed by atoms with Crippen molar-refractivity contribution < 1.29 is 14.3 Å². The molecule has 2 rings (SSSR count). The lowest BCUT2D eigenvalue weighted by Crippen LogP contribution is -2.18. The number of hydrogen-bond donors (Lipinski definition) is 1. The number of hydrogen-bond acceptors (Lipinski definition) is 4. The van der Waals surface area contributed by atoms with Crippen molar-refractivity contribution >= 4 is 5.78 Å². The Morgan fingerprint density at radius 1 is 1.39 bits per heavy atom. The van der Waals surface area contributed by atoms with Crippen LogP contribution in [-0.4, -0.2) is 25.5 Å². The Labute approximate surface area is 107 Å². The van der Waals surface area contributed by atoms with E-state index in [-0.39, 0.29) is 18.4 Å². The predicted octanol–water partition coefficient (Wildman–Crippen LogP) is 2.16. The number of methoxy groups -OCH3 is 1. The number of ketones is 1. The highest BCUT2D eigenvalue weighted by molar-refractivity contribution is 6.00. The van der Waals surface area contributed by atoms with E-state index in [1.807, 2.05) is 0 Å². The van der Waals surface area contributed by atoms with Crippen LogP contribution in [0.15, 0.2) is 18.2 Å². The van der Waals surface area contributed by atoms with Gasteiger partial charge in [-0.2, -0.15) is 0 Å². The molecule has 18 heavy (non-hydrogen) atoms. The third kappa shape index (κ3) is 2.64. The molecule has 4 heteroatoms. The third-order valence-electron chi connectivity index (χ3n) is 3.27. The lowest BCUT2D eigenvalue weighted by molar-refractivity contribution is 0.0993. The van der Waals surface area contributed by atoms with Gasteiger partial charge < -0.3 is 15.2 Å². The molecule has 1 saturated carbocycles. The number of Topliss-reactive ketones (excluding diaryl/α,β-unsaturated/α-hetero) is 1. The Kier molecular flexibility index (Phi) is 4.20. The molecule has 1 fully saturated rings. The molecule has 0 unspecified atom stereocenters. The van der Waals surface area contributed by atoms with E-state index in [2.05, 4.69) is 0 Å².